The Morgan fingerprint density at radius 1 is 0.396 bits per heavy atom. The van der Waals surface area contributed by atoms with E-state index in [4.69, 9.17) is 0 Å². The first kappa shape index (κ1) is 23.4. The first-order valence-electron chi connectivity index (χ1n) is 18.5. The normalized spacial score (nSPS) is 16.4. The van der Waals surface area contributed by atoms with E-state index in [2.05, 4.69) is 110 Å². The molecule has 9 aromatic rings. The minimum absolute atomic E-state index is 0.0399. The summed E-state index contributed by atoms with van der Waals surface area (Å²) in [7, 11) is 0. The molecule has 48 heavy (non-hydrogen) atoms. The van der Waals surface area contributed by atoms with Gasteiger partial charge in [0.05, 0.1) is 5.48 Å². The maximum Gasteiger partial charge on any atom is 0.0629 e. The lowest BCUT2D eigenvalue weighted by Gasteiger charge is -2.28. The van der Waals surface area contributed by atoms with Crippen molar-refractivity contribution in [1.82, 2.24) is 0 Å². The van der Waals surface area contributed by atoms with Gasteiger partial charge in [0.1, 0.15) is 0 Å². The number of hydrogen-bond donors (Lipinski definition) is 0. The van der Waals surface area contributed by atoms with E-state index in [1.807, 2.05) is 48.5 Å². The Kier molecular flexibility index (Phi) is 4.99. The Hall–Kier alpha value is -5.98. The molecular weight excluding hydrogens is 577 g/mol. The summed E-state index contributed by atoms with van der Waals surface area (Å²) in [6.45, 7) is 2.26. The van der Waals surface area contributed by atoms with Gasteiger partial charge in [-0.05, 0) is 124 Å². The van der Waals surface area contributed by atoms with Crippen LogP contribution in [0.5, 0.6) is 0 Å². The van der Waals surface area contributed by atoms with Crippen LogP contribution >= 0.6 is 0 Å². The van der Waals surface area contributed by atoms with Crippen LogP contribution in [0.4, 0.5) is 0 Å². The van der Waals surface area contributed by atoms with E-state index in [1.54, 1.807) is 0 Å². The summed E-state index contributed by atoms with van der Waals surface area (Å²) in [6.07, 6.45) is 0. The number of hydrogen-bond acceptors (Lipinski definition) is 0. The molecule has 0 bridgehead atoms. The lowest BCUT2D eigenvalue weighted by atomic mass is 9.73. The number of fused-ring (bicyclic) bond motifs is 9. The Labute approximate surface area is 286 Å². The molecule has 0 radical (unpaired) electrons. The van der Waals surface area contributed by atoms with Gasteiger partial charge in [-0.2, -0.15) is 0 Å². The van der Waals surface area contributed by atoms with E-state index in [0.717, 1.165) is 49.0 Å². The van der Waals surface area contributed by atoms with Crippen molar-refractivity contribution in [2.24, 2.45) is 0 Å². The molecule has 0 heterocycles. The van der Waals surface area contributed by atoms with Gasteiger partial charge >= 0.3 is 0 Å². The van der Waals surface area contributed by atoms with E-state index in [-0.39, 0.29) is 24.2 Å². The molecule has 0 aliphatic heterocycles. The van der Waals surface area contributed by atoms with Gasteiger partial charge in [0.15, 0.2) is 0 Å². The highest BCUT2D eigenvalue weighted by atomic mass is 14.4. The van der Waals surface area contributed by atoms with Gasteiger partial charge in [0, 0.05) is 5.41 Å². The highest BCUT2D eigenvalue weighted by Crippen LogP contribution is 2.55. The summed E-state index contributed by atoms with van der Waals surface area (Å²) in [5, 5.41) is 8.65. The van der Waals surface area contributed by atoms with Crippen molar-refractivity contribution in [1.29, 1.82) is 0 Å². The van der Waals surface area contributed by atoms with Gasteiger partial charge in [-0.25, -0.2) is 0 Å². The smallest absolute Gasteiger partial charge is 0.0622 e. The van der Waals surface area contributed by atoms with Crippen molar-refractivity contribution in [3.05, 3.63) is 193 Å². The monoisotopic (exact) mass is 612 g/mol. The van der Waals surface area contributed by atoms with Crippen LogP contribution in [-0.4, -0.2) is 0 Å². The molecule has 0 amide bonds. The van der Waals surface area contributed by atoms with Crippen molar-refractivity contribution in [2.45, 2.75) is 12.3 Å². The van der Waals surface area contributed by atoms with E-state index < -0.39 is 5.41 Å². The quantitative estimate of drug-likeness (QED) is 0.138. The van der Waals surface area contributed by atoms with Crippen molar-refractivity contribution in [3.8, 4) is 33.4 Å². The lowest BCUT2D eigenvalue weighted by Crippen LogP contribution is -2.22. The van der Waals surface area contributed by atoms with Gasteiger partial charge in [0.25, 0.3) is 0 Å². The van der Waals surface area contributed by atoms with Crippen LogP contribution in [0.15, 0.2) is 176 Å². The van der Waals surface area contributed by atoms with Crippen LogP contribution in [0.3, 0.4) is 0 Å². The molecule has 0 N–H and O–H groups in total. The van der Waals surface area contributed by atoms with Crippen LogP contribution in [0.2, 0.25) is 0 Å². The van der Waals surface area contributed by atoms with Gasteiger partial charge in [-0.1, -0.05) is 152 Å². The summed E-state index contributed by atoms with van der Waals surface area (Å²) in [4.78, 5) is 0. The summed E-state index contributed by atoms with van der Waals surface area (Å²) in [5.74, 6) is 0. The van der Waals surface area contributed by atoms with Gasteiger partial charge in [-0.15, -0.1) is 0 Å². The second-order valence-electron chi connectivity index (χ2n) is 13.1. The first-order valence-corrected chi connectivity index (χ1v) is 16.5. The summed E-state index contributed by atoms with van der Waals surface area (Å²) >= 11 is 0. The molecule has 0 fully saturated rings. The molecule has 0 spiro atoms. The van der Waals surface area contributed by atoms with Crippen LogP contribution in [0.25, 0.3) is 76.5 Å². The fourth-order valence-corrected chi connectivity index (χ4v) is 8.13. The Morgan fingerprint density at radius 2 is 1.04 bits per heavy atom. The predicted octanol–water partition coefficient (Wildman–Crippen LogP) is 13.0. The summed E-state index contributed by atoms with van der Waals surface area (Å²) in [6, 6.07) is 52.2. The topological polar surface area (TPSA) is 0 Å². The van der Waals surface area contributed by atoms with E-state index in [9.17, 15) is 5.48 Å². The molecule has 224 valence electrons. The molecule has 1 aliphatic rings. The molecule has 0 saturated carbocycles. The van der Waals surface area contributed by atoms with Gasteiger partial charge in [0.2, 0.25) is 0 Å². The van der Waals surface area contributed by atoms with Crippen molar-refractivity contribution in [2.75, 3.05) is 0 Å². The maximum absolute atomic E-state index is 9.45. The van der Waals surface area contributed by atoms with Gasteiger partial charge < -0.3 is 0 Å². The zero-order valence-corrected chi connectivity index (χ0v) is 26.4. The average molecular weight is 613 g/mol. The maximum atomic E-state index is 9.45. The standard InChI is InChI=1S/C48H32/c1-48(38-14-3-2-4-15-38)45-26-24-32-11-7-8-16-39(32)47(45)42-25-23-36(30-46(42)48)31-19-21-33(22-20-31)43-29-37-27-34-12-5-6-13-35(34)28-44(37)41-18-10-9-17-40(41)43/h2-30H,1H3/i19D,20D,21D,22D. The average Bonchev–Trinajstić information content (AvgIpc) is 3.45. The largest absolute Gasteiger partial charge is 0.0629 e. The summed E-state index contributed by atoms with van der Waals surface area (Å²) in [5.41, 5.74) is 7.33. The molecule has 9 aromatic carbocycles. The first-order chi connectivity index (χ1) is 25.3. The second kappa shape index (κ2) is 10.3. The molecule has 1 atom stereocenters. The minimum Gasteiger partial charge on any atom is -0.0622 e. The van der Waals surface area contributed by atoms with E-state index >= 15 is 0 Å². The van der Waals surface area contributed by atoms with E-state index in [1.165, 1.54) is 21.9 Å². The zero-order valence-electron chi connectivity index (χ0n) is 30.4. The van der Waals surface area contributed by atoms with Crippen LogP contribution in [-0.2, 0) is 5.41 Å². The number of rotatable bonds is 3. The summed E-state index contributed by atoms with van der Waals surface area (Å²) < 4.78 is 37.8. The van der Waals surface area contributed by atoms with E-state index in [0.29, 0.717) is 22.3 Å². The van der Waals surface area contributed by atoms with Gasteiger partial charge in [-0.3, -0.25) is 0 Å². The van der Waals surface area contributed by atoms with Crippen LogP contribution < -0.4 is 0 Å². The SMILES string of the molecule is [2H]c1c([2H])c(-c2cc3cc4ccccc4cc3c3ccccc23)c([2H])c([2H])c1-c1ccc2c(c1)C(C)(c1ccccc1)c1ccc3ccccc3c1-2. The Balaban J connectivity index is 1.20. The molecule has 10 rings (SSSR count). The fourth-order valence-electron chi connectivity index (χ4n) is 8.13. The molecule has 0 heteroatoms. The molecule has 1 aliphatic carbocycles. The molecular formula is C48H32. The predicted molar refractivity (Wildman–Crippen MR) is 205 cm³/mol. The molecule has 0 aromatic heterocycles. The third-order valence-electron chi connectivity index (χ3n) is 10.6. The number of benzene rings is 9. The minimum atomic E-state index is -0.488. The Bertz CT molecular complexity index is 2930. The molecule has 1 unspecified atom stereocenters. The molecule has 0 nitrogen and oxygen atoms in total. The van der Waals surface area contributed by atoms with Crippen molar-refractivity contribution >= 4 is 43.1 Å². The third kappa shape index (κ3) is 3.90. The highest BCUT2D eigenvalue weighted by Gasteiger charge is 2.41. The fraction of sp³-hybridized carbons (Fsp3) is 0.0417. The lowest BCUT2D eigenvalue weighted by molar-refractivity contribution is 0.714. The van der Waals surface area contributed by atoms with Crippen molar-refractivity contribution in [3.63, 3.8) is 0 Å². The van der Waals surface area contributed by atoms with Crippen LogP contribution in [0.1, 0.15) is 29.1 Å². The zero-order chi connectivity index (χ0) is 35.3. The second-order valence-corrected chi connectivity index (χ2v) is 13.1. The molecule has 0 saturated heterocycles. The van der Waals surface area contributed by atoms with Crippen molar-refractivity contribution < 1.29 is 5.48 Å². The third-order valence-corrected chi connectivity index (χ3v) is 10.6. The Morgan fingerprint density at radius 3 is 1.83 bits per heavy atom. The van der Waals surface area contributed by atoms with Crippen LogP contribution in [0, 0.1) is 0 Å². The highest BCUT2D eigenvalue weighted by molar-refractivity contribution is 6.17.